The number of rotatable bonds is 2. The molecule has 0 saturated carbocycles. The smallest absolute Gasteiger partial charge is 0.178 e. The fourth-order valence-corrected chi connectivity index (χ4v) is 3.44. The second-order valence-corrected chi connectivity index (χ2v) is 5.77. The summed E-state index contributed by atoms with van der Waals surface area (Å²) in [6.07, 6.45) is 0. The number of nitrogens with zero attached hydrogens (tertiary/aromatic N) is 1. The molecule has 1 N–H and O–H groups in total. The van der Waals surface area contributed by atoms with Crippen molar-refractivity contribution in [3.8, 4) is 0 Å². The lowest BCUT2D eigenvalue weighted by Crippen LogP contribution is -2.00. The molecule has 0 unspecified atom stereocenters. The Morgan fingerprint density at radius 1 is 1.39 bits per heavy atom. The average molecular weight is 295 g/mol. The van der Waals surface area contributed by atoms with E-state index in [1.807, 2.05) is 18.2 Å². The maximum absolute atomic E-state index is 6.27. The van der Waals surface area contributed by atoms with Crippen LogP contribution in [0.3, 0.4) is 0 Å². The maximum Gasteiger partial charge on any atom is 0.178 e. The molecular formula is C13H11ClN2S2. The zero-order valence-corrected chi connectivity index (χ0v) is 12.1. The number of halogens is 1. The third-order valence-corrected chi connectivity index (χ3v) is 4.57. The Hall–Kier alpha value is -1.10. The number of hydrogen-bond donors (Lipinski definition) is 1. The number of para-hydroxylation sites is 1. The van der Waals surface area contributed by atoms with Crippen LogP contribution >= 0.6 is 35.2 Å². The van der Waals surface area contributed by atoms with Gasteiger partial charge in [0, 0.05) is 0 Å². The first-order chi connectivity index (χ1) is 8.66. The van der Waals surface area contributed by atoms with Crippen LogP contribution in [0.2, 0.25) is 5.02 Å². The third kappa shape index (κ3) is 1.90. The zero-order chi connectivity index (χ0) is 12.7. The van der Waals surface area contributed by atoms with Gasteiger partial charge in [-0.15, -0.1) is 0 Å². The van der Waals surface area contributed by atoms with Gasteiger partial charge in [0.1, 0.15) is 0 Å². The Balaban J connectivity index is 2.20. The normalized spacial score (nSPS) is 11.2. The number of fused-ring (bicyclic) bond motifs is 1. The largest absolute Gasteiger partial charge is 0.331 e. The van der Waals surface area contributed by atoms with E-state index < -0.39 is 0 Å². The summed E-state index contributed by atoms with van der Waals surface area (Å²) in [7, 11) is 0. The summed E-state index contributed by atoms with van der Waals surface area (Å²) in [4.78, 5) is 3.20. The van der Waals surface area contributed by atoms with Crippen molar-refractivity contribution in [3.05, 3.63) is 49.9 Å². The third-order valence-electron chi connectivity index (χ3n) is 3.03. The molecule has 18 heavy (non-hydrogen) atoms. The highest BCUT2D eigenvalue weighted by Gasteiger charge is 2.09. The molecule has 2 heterocycles. The van der Waals surface area contributed by atoms with Gasteiger partial charge in [-0.2, -0.15) is 11.3 Å². The molecular weight excluding hydrogens is 284 g/mol. The van der Waals surface area contributed by atoms with E-state index >= 15 is 0 Å². The molecule has 0 saturated heterocycles. The second kappa shape index (κ2) is 4.53. The van der Waals surface area contributed by atoms with Crippen LogP contribution < -0.4 is 0 Å². The number of aromatic amines is 1. The van der Waals surface area contributed by atoms with Crippen LogP contribution in [-0.2, 0) is 6.54 Å². The molecule has 3 aromatic rings. The molecule has 2 aromatic heterocycles. The summed E-state index contributed by atoms with van der Waals surface area (Å²) >= 11 is 13.4. The average Bonchev–Trinajstić information content (AvgIpc) is 2.86. The number of imidazole rings is 1. The number of H-pyrrole nitrogens is 1. The van der Waals surface area contributed by atoms with Crippen molar-refractivity contribution < 1.29 is 0 Å². The number of nitrogens with one attached hydrogen (secondary N) is 1. The molecule has 5 heteroatoms. The van der Waals surface area contributed by atoms with Gasteiger partial charge in [0.15, 0.2) is 4.77 Å². The number of thiophene rings is 1. The fraction of sp³-hybridized carbons (Fsp3) is 0.154. The fourth-order valence-electron chi connectivity index (χ4n) is 2.04. The second-order valence-electron chi connectivity index (χ2n) is 4.23. The Bertz CT molecular complexity index is 767. The van der Waals surface area contributed by atoms with Gasteiger partial charge in [0.05, 0.1) is 22.6 Å². The molecule has 0 spiro atoms. The van der Waals surface area contributed by atoms with Gasteiger partial charge in [0.25, 0.3) is 0 Å². The molecule has 0 amide bonds. The van der Waals surface area contributed by atoms with Gasteiger partial charge in [0.2, 0.25) is 0 Å². The van der Waals surface area contributed by atoms with Crippen LogP contribution in [-0.4, -0.2) is 9.55 Å². The minimum Gasteiger partial charge on any atom is -0.331 e. The van der Waals surface area contributed by atoms with Crippen LogP contribution in [0.25, 0.3) is 11.0 Å². The molecule has 2 nitrogen and oxygen atoms in total. The molecule has 0 fully saturated rings. The minimum atomic E-state index is 0.712. The van der Waals surface area contributed by atoms with Crippen molar-refractivity contribution in [1.29, 1.82) is 0 Å². The zero-order valence-electron chi connectivity index (χ0n) is 9.74. The van der Waals surface area contributed by atoms with E-state index in [1.165, 1.54) is 11.1 Å². The Morgan fingerprint density at radius 2 is 2.22 bits per heavy atom. The standard InChI is InChI=1S/C13H11ClN2S2/c1-8-6-18-7-9(8)5-16-12-10(14)3-2-4-11(12)15-13(16)17/h2-4,6-7H,5H2,1H3,(H,15,17). The molecule has 92 valence electrons. The highest BCUT2D eigenvalue weighted by atomic mass is 35.5. The summed E-state index contributed by atoms with van der Waals surface area (Å²) in [5.74, 6) is 0. The molecule has 0 aliphatic heterocycles. The Kier molecular flexibility index (Phi) is 3.01. The van der Waals surface area contributed by atoms with E-state index in [0.29, 0.717) is 4.77 Å². The summed E-state index contributed by atoms with van der Waals surface area (Å²) < 4.78 is 2.77. The summed E-state index contributed by atoms with van der Waals surface area (Å²) in [5, 5.41) is 5.04. The molecule has 0 bridgehead atoms. The molecule has 0 aliphatic carbocycles. The van der Waals surface area contributed by atoms with Crippen molar-refractivity contribution >= 4 is 46.2 Å². The predicted octanol–water partition coefficient (Wildman–Crippen LogP) is 4.77. The predicted molar refractivity (Wildman–Crippen MR) is 80.3 cm³/mol. The molecule has 0 radical (unpaired) electrons. The van der Waals surface area contributed by atoms with Crippen molar-refractivity contribution in [3.63, 3.8) is 0 Å². The van der Waals surface area contributed by atoms with Crippen molar-refractivity contribution in [2.24, 2.45) is 0 Å². The summed E-state index contributed by atoms with van der Waals surface area (Å²) in [5.41, 5.74) is 4.55. The minimum absolute atomic E-state index is 0.712. The lowest BCUT2D eigenvalue weighted by molar-refractivity contribution is 0.809. The Labute approximate surface area is 119 Å². The quantitative estimate of drug-likeness (QED) is 0.675. The lowest BCUT2D eigenvalue weighted by Gasteiger charge is -2.05. The highest BCUT2D eigenvalue weighted by molar-refractivity contribution is 7.71. The monoisotopic (exact) mass is 294 g/mol. The van der Waals surface area contributed by atoms with Gasteiger partial charge in [-0.05, 0) is 53.2 Å². The van der Waals surface area contributed by atoms with Crippen LogP contribution in [0.4, 0.5) is 0 Å². The first-order valence-corrected chi connectivity index (χ1v) is 7.28. The van der Waals surface area contributed by atoms with Gasteiger partial charge < -0.3 is 9.55 Å². The van der Waals surface area contributed by atoms with Crippen LogP contribution in [0, 0.1) is 11.7 Å². The van der Waals surface area contributed by atoms with Gasteiger partial charge >= 0.3 is 0 Å². The topological polar surface area (TPSA) is 20.7 Å². The van der Waals surface area contributed by atoms with Crippen molar-refractivity contribution in [2.75, 3.05) is 0 Å². The van der Waals surface area contributed by atoms with E-state index in [0.717, 1.165) is 22.6 Å². The molecule has 1 aromatic carbocycles. The van der Waals surface area contributed by atoms with Gasteiger partial charge in [-0.25, -0.2) is 0 Å². The van der Waals surface area contributed by atoms with E-state index in [-0.39, 0.29) is 0 Å². The molecule has 0 aliphatic rings. The number of benzene rings is 1. The van der Waals surface area contributed by atoms with Gasteiger partial charge in [-0.3, -0.25) is 0 Å². The van der Waals surface area contributed by atoms with E-state index in [9.17, 15) is 0 Å². The lowest BCUT2D eigenvalue weighted by atomic mass is 10.2. The van der Waals surface area contributed by atoms with Gasteiger partial charge in [-0.1, -0.05) is 17.7 Å². The van der Waals surface area contributed by atoms with Crippen molar-refractivity contribution in [1.82, 2.24) is 9.55 Å². The number of aryl methyl sites for hydroxylation is 1. The van der Waals surface area contributed by atoms with E-state index in [4.69, 9.17) is 23.8 Å². The van der Waals surface area contributed by atoms with E-state index in [1.54, 1.807) is 11.3 Å². The highest BCUT2D eigenvalue weighted by Crippen LogP contribution is 2.25. The summed E-state index contributed by atoms with van der Waals surface area (Å²) in [6.45, 7) is 2.88. The number of aromatic nitrogens is 2. The van der Waals surface area contributed by atoms with Crippen LogP contribution in [0.15, 0.2) is 29.0 Å². The number of hydrogen-bond acceptors (Lipinski definition) is 2. The van der Waals surface area contributed by atoms with Crippen LogP contribution in [0.5, 0.6) is 0 Å². The summed E-state index contributed by atoms with van der Waals surface area (Å²) in [6, 6.07) is 5.81. The maximum atomic E-state index is 6.27. The molecule has 0 atom stereocenters. The SMILES string of the molecule is Cc1cscc1Cn1c(=S)[nH]c2cccc(Cl)c21. The van der Waals surface area contributed by atoms with E-state index in [2.05, 4.69) is 27.2 Å². The first-order valence-electron chi connectivity index (χ1n) is 5.55. The first kappa shape index (κ1) is 12.0. The van der Waals surface area contributed by atoms with Crippen LogP contribution in [0.1, 0.15) is 11.1 Å². The molecule has 3 rings (SSSR count). The van der Waals surface area contributed by atoms with Crippen molar-refractivity contribution in [2.45, 2.75) is 13.5 Å². The Morgan fingerprint density at radius 3 is 2.94 bits per heavy atom.